The second kappa shape index (κ2) is 10.5. The number of para-hydroxylation sites is 1. The molecule has 1 aliphatic heterocycles. The number of fused-ring (bicyclic) bond motifs is 1. The largest absolute Gasteiger partial charge is 0.539 e. The second-order valence-electron chi connectivity index (χ2n) is 7.40. The number of ether oxygens (including phenoxy) is 1. The van der Waals surface area contributed by atoms with Gasteiger partial charge in [-0.1, -0.05) is 18.2 Å². The first-order valence-corrected chi connectivity index (χ1v) is 14.5. The zero-order valence-corrected chi connectivity index (χ0v) is 21.0. The van der Waals surface area contributed by atoms with Crippen LogP contribution in [0.4, 0.5) is 5.82 Å². The van der Waals surface area contributed by atoms with Crippen LogP contribution in [0, 0.1) is 0 Å². The van der Waals surface area contributed by atoms with Gasteiger partial charge in [0.05, 0.1) is 12.9 Å². The normalized spacial score (nSPS) is 25.5. The number of benzene rings is 1. The standard InChI is InChI=1S/C16H20N5O13P3/c17-14-11-15(19-7-18-14)21(8-20-11)16-13(23)12(22)10(31-16)6-30-37(29,32-9-4-2-1-3-5-9)34-36(27,28)33-35(24,25)26/h1-5,7-8,10,12-13,16,22-23H,6H2,(H,27,28)(H2,17,18,19)(H2,24,25,26)/t10-,12-,13-,16-,37?/m1/s1. The van der Waals surface area contributed by atoms with E-state index in [0.29, 0.717) is 0 Å². The van der Waals surface area contributed by atoms with E-state index in [4.69, 9.17) is 29.3 Å². The third-order valence-electron chi connectivity index (χ3n) is 4.77. The Bertz CT molecular complexity index is 1400. The van der Waals surface area contributed by atoms with Gasteiger partial charge in [0.1, 0.15) is 35.9 Å². The van der Waals surface area contributed by atoms with Gasteiger partial charge in [0.15, 0.2) is 17.7 Å². The molecule has 0 aliphatic carbocycles. The van der Waals surface area contributed by atoms with Crippen LogP contribution in [0.15, 0.2) is 43.0 Å². The fourth-order valence-electron chi connectivity index (χ4n) is 3.27. The molecule has 21 heteroatoms. The average Bonchev–Trinajstić information content (AvgIpc) is 3.33. The predicted octanol–water partition coefficient (Wildman–Crippen LogP) is 0.458. The van der Waals surface area contributed by atoms with Gasteiger partial charge in [-0.25, -0.2) is 28.6 Å². The maximum absolute atomic E-state index is 13.2. The lowest BCUT2D eigenvalue weighted by molar-refractivity contribution is -0.0500. The summed E-state index contributed by atoms with van der Waals surface area (Å²) in [5.41, 5.74) is 6.11. The molecule has 37 heavy (non-hydrogen) atoms. The minimum Gasteiger partial charge on any atom is -0.404 e. The van der Waals surface area contributed by atoms with Crippen LogP contribution in [-0.4, -0.2) is 69.3 Å². The number of anilines is 1. The summed E-state index contributed by atoms with van der Waals surface area (Å²) >= 11 is 0. The van der Waals surface area contributed by atoms with Crippen molar-refractivity contribution in [2.24, 2.45) is 0 Å². The van der Waals surface area contributed by atoms with E-state index in [9.17, 15) is 28.8 Å². The molecule has 2 aromatic heterocycles. The number of aliphatic hydroxyl groups excluding tert-OH is 2. The van der Waals surface area contributed by atoms with E-state index in [1.807, 2.05) is 0 Å². The van der Waals surface area contributed by atoms with Gasteiger partial charge >= 0.3 is 23.5 Å². The summed E-state index contributed by atoms with van der Waals surface area (Å²) in [6, 6.07) is 6.99. The van der Waals surface area contributed by atoms with E-state index in [-0.39, 0.29) is 22.7 Å². The lowest BCUT2D eigenvalue weighted by Gasteiger charge is -2.22. The number of hydrogen-bond acceptors (Lipinski definition) is 14. The predicted molar refractivity (Wildman–Crippen MR) is 120 cm³/mol. The summed E-state index contributed by atoms with van der Waals surface area (Å²) < 4.78 is 61.2. The number of nitrogens with two attached hydrogens (primary N) is 1. The van der Waals surface area contributed by atoms with Gasteiger partial charge in [0.2, 0.25) is 0 Å². The molecule has 0 amide bonds. The van der Waals surface area contributed by atoms with Crippen LogP contribution in [0.3, 0.4) is 0 Å². The number of phosphoric acid groups is 3. The molecule has 0 bridgehead atoms. The summed E-state index contributed by atoms with van der Waals surface area (Å²) in [6.07, 6.45) is -3.56. The molecule has 202 valence electrons. The molecule has 6 atom stereocenters. The monoisotopic (exact) mass is 583 g/mol. The molecule has 7 N–H and O–H groups in total. The van der Waals surface area contributed by atoms with Crippen LogP contribution in [0.1, 0.15) is 6.23 Å². The molecule has 2 unspecified atom stereocenters. The molecule has 1 aromatic carbocycles. The summed E-state index contributed by atoms with van der Waals surface area (Å²) in [5.74, 6) is -0.131. The number of aliphatic hydroxyl groups is 2. The molecule has 3 heterocycles. The highest BCUT2D eigenvalue weighted by Crippen LogP contribution is 2.68. The minimum atomic E-state index is -5.71. The highest BCUT2D eigenvalue weighted by Gasteiger charge is 2.48. The maximum Gasteiger partial charge on any atom is 0.539 e. The van der Waals surface area contributed by atoms with Gasteiger partial charge in [-0.05, 0) is 12.1 Å². The van der Waals surface area contributed by atoms with Crippen LogP contribution in [0.5, 0.6) is 5.75 Å². The lowest BCUT2D eigenvalue weighted by Crippen LogP contribution is -2.33. The first kappa shape index (κ1) is 27.7. The van der Waals surface area contributed by atoms with Gasteiger partial charge in [0.25, 0.3) is 0 Å². The van der Waals surface area contributed by atoms with Crippen molar-refractivity contribution in [1.29, 1.82) is 0 Å². The summed E-state index contributed by atoms with van der Waals surface area (Å²) in [6.45, 7) is -0.863. The molecule has 3 aromatic rings. The third-order valence-corrected chi connectivity index (χ3v) is 8.97. The number of nitrogen functional groups attached to an aromatic ring is 1. The van der Waals surface area contributed by atoms with Crippen LogP contribution in [-0.2, 0) is 31.6 Å². The summed E-state index contributed by atoms with van der Waals surface area (Å²) in [4.78, 5) is 39.2. The number of imidazole rings is 1. The van der Waals surface area contributed by atoms with Gasteiger partial charge in [0, 0.05) is 0 Å². The number of phosphoric ester groups is 1. The summed E-state index contributed by atoms with van der Waals surface area (Å²) in [5, 5.41) is 21.0. The maximum atomic E-state index is 13.2. The molecule has 0 saturated carbocycles. The van der Waals surface area contributed by atoms with Crippen molar-refractivity contribution in [3.63, 3.8) is 0 Å². The first-order chi connectivity index (χ1) is 17.3. The van der Waals surface area contributed by atoms with Crippen molar-refractivity contribution < 1.29 is 61.0 Å². The number of aromatic nitrogens is 4. The van der Waals surface area contributed by atoms with Crippen LogP contribution < -0.4 is 10.3 Å². The van der Waals surface area contributed by atoms with Crippen LogP contribution in [0.25, 0.3) is 11.2 Å². The third kappa shape index (κ3) is 6.59. The number of hydrogen-bond donors (Lipinski definition) is 6. The van der Waals surface area contributed by atoms with E-state index in [1.54, 1.807) is 6.07 Å². The van der Waals surface area contributed by atoms with Crippen LogP contribution in [0.2, 0.25) is 0 Å². The number of nitrogens with zero attached hydrogens (tertiary/aromatic N) is 4. The first-order valence-electron chi connectivity index (χ1n) is 10.0. The molecule has 1 saturated heterocycles. The van der Waals surface area contributed by atoms with Gasteiger partial charge in [-0.15, -0.1) is 0 Å². The Kier molecular flexibility index (Phi) is 7.84. The molecular weight excluding hydrogens is 563 g/mol. The van der Waals surface area contributed by atoms with Gasteiger partial charge in [-0.2, -0.15) is 8.62 Å². The van der Waals surface area contributed by atoms with Crippen molar-refractivity contribution in [1.82, 2.24) is 19.5 Å². The molecule has 4 rings (SSSR count). The van der Waals surface area contributed by atoms with Crippen molar-refractivity contribution in [3.8, 4) is 5.75 Å². The highest BCUT2D eigenvalue weighted by molar-refractivity contribution is 7.67. The molecule has 18 nitrogen and oxygen atoms in total. The Morgan fingerprint density at radius 1 is 1.00 bits per heavy atom. The van der Waals surface area contributed by atoms with Crippen molar-refractivity contribution in [3.05, 3.63) is 43.0 Å². The van der Waals surface area contributed by atoms with E-state index in [0.717, 1.165) is 6.33 Å². The van der Waals surface area contributed by atoms with Gasteiger partial charge in [-0.3, -0.25) is 9.09 Å². The smallest absolute Gasteiger partial charge is 0.404 e. The van der Waals surface area contributed by atoms with Gasteiger partial charge < -0.3 is 39.9 Å². The Morgan fingerprint density at radius 3 is 2.38 bits per heavy atom. The zero-order chi connectivity index (χ0) is 27.0. The van der Waals surface area contributed by atoms with Crippen molar-refractivity contribution in [2.75, 3.05) is 12.3 Å². The fourth-order valence-corrected chi connectivity index (χ4v) is 6.83. The number of rotatable bonds is 10. The highest BCUT2D eigenvalue weighted by atomic mass is 31.3. The average molecular weight is 583 g/mol. The quantitative estimate of drug-likeness (QED) is 0.177. The van der Waals surface area contributed by atoms with E-state index in [2.05, 4.69) is 23.6 Å². The zero-order valence-electron chi connectivity index (χ0n) is 18.3. The van der Waals surface area contributed by atoms with Crippen LogP contribution >= 0.6 is 23.5 Å². The minimum absolute atomic E-state index is 0.0544. The topological polar surface area (TPSA) is 268 Å². The van der Waals surface area contributed by atoms with E-state index in [1.165, 1.54) is 35.2 Å². The van der Waals surface area contributed by atoms with E-state index >= 15 is 0 Å². The Morgan fingerprint density at radius 2 is 1.70 bits per heavy atom. The molecular formula is C16H20N5O13P3. The van der Waals surface area contributed by atoms with Crippen molar-refractivity contribution in [2.45, 2.75) is 24.5 Å². The van der Waals surface area contributed by atoms with E-state index < -0.39 is 54.6 Å². The molecule has 1 aliphatic rings. The molecule has 0 radical (unpaired) electrons. The summed E-state index contributed by atoms with van der Waals surface area (Å²) in [7, 11) is -16.5. The fraction of sp³-hybridized carbons (Fsp3) is 0.312. The van der Waals surface area contributed by atoms with Crippen molar-refractivity contribution >= 4 is 40.4 Å². The molecule has 0 spiro atoms. The SMILES string of the molecule is Nc1ncnc2c1ncn2[C@@H]1O[C@H](COP(=O)(Oc2ccccc2)OP(=O)(O)OP(=O)(O)O)[C@@H](O)[C@H]1O. The Balaban J connectivity index is 1.54. The Hall–Kier alpha value is -2.30. The second-order valence-corrected chi connectivity index (χ2v) is 12.0. The Labute approximate surface area is 207 Å². The lowest BCUT2D eigenvalue weighted by atomic mass is 10.1. The molecule has 1 fully saturated rings.